The number of halogens is 3. The molecule has 1 saturated heterocycles. The van der Waals surface area contributed by atoms with Gasteiger partial charge in [0.1, 0.15) is 11.5 Å². The van der Waals surface area contributed by atoms with Crippen LogP contribution in [0.3, 0.4) is 0 Å². The van der Waals surface area contributed by atoms with Crippen molar-refractivity contribution in [1.82, 2.24) is 4.90 Å². The van der Waals surface area contributed by atoms with E-state index in [1.807, 2.05) is 12.1 Å². The number of alkyl halides is 3. The van der Waals surface area contributed by atoms with Crippen molar-refractivity contribution < 1.29 is 27.5 Å². The monoisotopic (exact) mass is 443 g/mol. The topological polar surface area (TPSA) is 73.6 Å². The van der Waals surface area contributed by atoms with Crippen molar-refractivity contribution in [3.8, 4) is 11.8 Å². The Balaban J connectivity index is 1.71. The van der Waals surface area contributed by atoms with Crippen molar-refractivity contribution in [2.45, 2.75) is 44.1 Å². The zero-order chi connectivity index (χ0) is 23.0. The van der Waals surface area contributed by atoms with Gasteiger partial charge >= 0.3 is 12.2 Å². The largest absolute Gasteiger partial charge is 0.497 e. The van der Waals surface area contributed by atoms with Crippen LogP contribution in [0, 0.1) is 11.3 Å². The fourth-order valence-corrected chi connectivity index (χ4v) is 4.45. The molecule has 2 aromatic carbocycles. The molecule has 0 N–H and O–H groups in total. The molecule has 1 saturated carbocycles. The third-order valence-electron chi connectivity index (χ3n) is 6.00. The van der Waals surface area contributed by atoms with Crippen molar-refractivity contribution >= 4 is 17.5 Å². The van der Waals surface area contributed by atoms with Crippen LogP contribution in [0.4, 0.5) is 23.7 Å². The Morgan fingerprint density at radius 1 is 1.12 bits per heavy atom. The maximum Gasteiger partial charge on any atom is 0.417 e. The lowest BCUT2D eigenvalue weighted by atomic mass is 9.88. The highest BCUT2D eigenvalue weighted by atomic mass is 19.4. The van der Waals surface area contributed by atoms with E-state index >= 15 is 0 Å². The Morgan fingerprint density at radius 2 is 1.84 bits per heavy atom. The highest BCUT2D eigenvalue weighted by Crippen LogP contribution is 2.40. The van der Waals surface area contributed by atoms with Crippen LogP contribution in [0.2, 0.25) is 0 Å². The van der Waals surface area contributed by atoms with E-state index in [2.05, 4.69) is 0 Å². The first kappa shape index (κ1) is 21.7. The van der Waals surface area contributed by atoms with Gasteiger partial charge in [0.15, 0.2) is 0 Å². The van der Waals surface area contributed by atoms with E-state index in [1.54, 1.807) is 30.2 Å². The lowest BCUT2D eigenvalue weighted by Gasteiger charge is -2.31. The average molecular weight is 443 g/mol. The number of nitrogens with zero attached hydrogens (tertiary/aromatic N) is 3. The van der Waals surface area contributed by atoms with Crippen LogP contribution in [0.1, 0.15) is 36.0 Å². The summed E-state index contributed by atoms with van der Waals surface area (Å²) in [6.45, 7) is 0.261. The molecule has 0 radical (unpaired) electrons. The molecule has 0 unspecified atom stereocenters. The molecule has 32 heavy (non-hydrogen) atoms. The highest BCUT2D eigenvalue weighted by Gasteiger charge is 2.49. The molecule has 2 fully saturated rings. The molecule has 0 spiro atoms. The number of methoxy groups -OCH3 is 1. The second-order valence-corrected chi connectivity index (χ2v) is 7.88. The van der Waals surface area contributed by atoms with E-state index in [1.165, 1.54) is 11.0 Å². The van der Waals surface area contributed by atoms with E-state index in [-0.39, 0.29) is 30.5 Å². The molecule has 2 aromatic rings. The number of ether oxygens (including phenoxy) is 1. The number of hydrogen-bond acceptors (Lipinski definition) is 4. The minimum absolute atomic E-state index is 0.0277. The number of rotatable bonds is 4. The van der Waals surface area contributed by atoms with Crippen LogP contribution >= 0.6 is 0 Å². The molecule has 1 aliphatic heterocycles. The molecule has 166 valence electrons. The number of fused-ring (bicyclic) bond motifs is 1. The summed E-state index contributed by atoms with van der Waals surface area (Å²) >= 11 is 0. The van der Waals surface area contributed by atoms with Crippen LogP contribution in [0.5, 0.6) is 5.75 Å². The van der Waals surface area contributed by atoms with E-state index < -0.39 is 29.4 Å². The van der Waals surface area contributed by atoms with E-state index in [0.717, 1.165) is 17.7 Å². The molecule has 2 amide bonds. The first-order valence-corrected chi connectivity index (χ1v) is 10.1. The molecule has 1 aliphatic carbocycles. The van der Waals surface area contributed by atoms with Crippen molar-refractivity contribution in [2.75, 3.05) is 12.0 Å². The summed E-state index contributed by atoms with van der Waals surface area (Å²) in [7, 11) is 1.55. The molecular weight excluding hydrogens is 423 g/mol. The van der Waals surface area contributed by atoms with Crippen molar-refractivity contribution in [2.24, 2.45) is 0 Å². The average Bonchev–Trinajstić information content (AvgIpc) is 3.03. The number of Topliss-reactive ketones (excluding diaryl/α,β-unsaturated/α-hetero) is 1. The highest BCUT2D eigenvalue weighted by molar-refractivity contribution is 5.98. The van der Waals surface area contributed by atoms with Gasteiger partial charge in [0.25, 0.3) is 0 Å². The maximum atomic E-state index is 13.5. The van der Waals surface area contributed by atoms with Gasteiger partial charge in [-0.2, -0.15) is 18.4 Å². The lowest BCUT2D eigenvalue weighted by molar-refractivity contribution is -0.137. The fraction of sp³-hybridized carbons (Fsp3) is 0.348. The van der Waals surface area contributed by atoms with Gasteiger partial charge in [0.05, 0.1) is 36.4 Å². The fourth-order valence-electron chi connectivity index (χ4n) is 4.45. The zero-order valence-corrected chi connectivity index (χ0v) is 17.2. The van der Waals surface area contributed by atoms with Gasteiger partial charge in [-0.1, -0.05) is 12.1 Å². The number of benzene rings is 2. The standard InChI is InChI=1S/C23H20F3N3O3/c1-32-18-7-2-14(3-8-18)13-28-20-9-6-17(30)11-21(20)29(22(28)31)16-5-4-15(12-27)19(10-16)23(24,25)26/h2-5,7-8,10,20-21H,6,9,11,13H2,1H3/t20-,21-/m0/s1. The number of amides is 2. The Hall–Kier alpha value is -3.54. The quantitative estimate of drug-likeness (QED) is 0.697. The van der Waals surface area contributed by atoms with Crippen LogP contribution in [-0.2, 0) is 17.5 Å². The number of carbonyl (C=O) groups excluding carboxylic acids is 2. The van der Waals surface area contributed by atoms with Crippen molar-refractivity contribution in [3.05, 3.63) is 59.2 Å². The van der Waals surface area contributed by atoms with Crippen LogP contribution < -0.4 is 9.64 Å². The summed E-state index contributed by atoms with van der Waals surface area (Å²) in [5.74, 6) is 0.640. The zero-order valence-electron chi connectivity index (χ0n) is 17.2. The molecule has 2 aliphatic rings. The van der Waals surface area contributed by atoms with Crippen LogP contribution in [0.15, 0.2) is 42.5 Å². The first-order valence-electron chi connectivity index (χ1n) is 10.1. The Morgan fingerprint density at radius 3 is 2.47 bits per heavy atom. The Bertz CT molecular complexity index is 1090. The molecule has 4 rings (SSSR count). The van der Waals surface area contributed by atoms with Crippen LogP contribution in [-0.4, -0.2) is 35.9 Å². The summed E-state index contributed by atoms with van der Waals surface area (Å²) in [6, 6.07) is 10.6. The normalized spacial score (nSPS) is 20.8. The second kappa shape index (κ2) is 8.19. The molecule has 1 heterocycles. The summed E-state index contributed by atoms with van der Waals surface area (Å²) in [5, 5.41) is 9.06. The summed E-state index contributed by atoms with van der Waals surface area (Å²) < 4.78 is 45.6. The number of hydrogen-bond donors (Lipinski definition) is 0. The summed E-state index contributed by atoms with van der Waals surface area (Å²) in [6.07, 6.45) is -3.89. The van der Waals surface area contributed by atoms with Gasteiger partial charge in [-0.15, -0.1) is 0 Å². The third-order valence-corrected chi connectivity index (χ3v) is 6.00. The maximum absolute atomic E-state index is 13.5. The number of anilines is 1. The van der Waals surface area contributed by atoms with Gasteiger partial charge in [-0.25, -0.2) is 4.79 Å². The minimum atomic E-state index is -4.74. The van der Waals surface area contributed by atoms with E-state index in [4.69, 9.17) is 10.00 Å². The number of nitriles is 1. The van der Waals surface area contributed by atoms with Crippen LogP contribution in [0.25, 0.3) is 0 Å². The SMILES string of the molecule is COc1ccc(CN2C(=O)N(c3ccc(C#N)c(C(F)(F)F)c3)[C@H]3CC(=O)CC[C@@H]32)cc1. The van der Waals surface area contributed by atoms with Gasteiger partial charge in [-0.05, 0) is 42.3 Å². The predicted molar refractivity (Wildman–Crippen MR) is 109 cm³/mol. The van der Waals surface area contributed by atoms with Crippen molar-refractivity contribution in [3.63, 3.8) is 0 Å². The predicted octanol–water partition coefficient (Wildman–Crippen LogP) is 4.52. The Labute approximate surface area is 182 Å². The smallest absolute Gasteiger partial charge is 0.417 e. The number of carbonyl (C=O) groups is 2. The molecule has 0 aromatic heterocycles. The molecule has 9 heteroatoms. The molecule has 6 nitrogen and oxygen atoms in total. The van der Waals surface area contributed by atoms with Crippen molar-refractivity contribution in [1.29, 1.82) is 5.26 Å². The van der Waals surface area contributed by atoms with E-state index in [0.29, 0.717) is 18.6 Å². The molecule has 2 atom stereocenters. The third kappa shape index (κ3) is 3.88. The number of urea groups is 1. The van der Waals surface area contributed by atoms with E-state index in [9.17, 15) is 22.8 Å². The first-order chi connectivity index (χ1) is 15.2. The Kier molecular flexibility index (Phi) is 5.55. The van der Waals surface area contributed by atoms with Gasteiger partial charge < -0.3 is 9.64 Å². The summed E-state index contributed by atoms with van der Waals surface area (Å²) in [4.78, 5) is 28.4. The molecular formula is C23H20F3N3O3. The molecule has 0 bridgehead atoms. The summed E-state index contributed by atoms with van der Waals surface area (Å²) in [5.41, 5.74) is -0.743. The van der Waals surface area contributed by atoms with Gasteiger partial charge in [0.2, 0.25) is 0 Å². The second-order valence-electron chi connectivity index (χ2n) is 7.88. The number of ketones is 1. The van der Waals surface area contributed by atoms with Gasteiger partial charge in [0, 0.05) is 25.1 Å². The lowest BCUT2D eigenvalue weighted by Crippen LogP contribution is -2.42. The van der Waals surface area contributed by atoms with Gasteiger partial charge in [-0.3, -0.25) is 9.69 Å². The minimum Gasteiger partial charge on any atom is -0.497 e.